The van der Waals surface area contributed by atoms with E-state index in [-0.39, 0.29) is 13.0 Å². The van der Waals surface area contributed by atoms with Gasteiger partial charge in [-0.3, -0.25) is 9.59 Å². The highest BCUT2D eigenvalue weighted by Crippen LogP contribution is 2.29. The number of carbonyl (C=O) groups excluding carboxylic acids is 1. The summed E-state index contributed by atoms with van der Waals surface area (Å²) >= 11 is 0. The van der Waals surface area contributed by atoms with Crippen molar-refractivity contribution in [3.63, 3.8) is 0 Å². The molecule has 0 bridgehead atoms. The normalized spacial score (nSPS) is 12.0. The first kappa shape index (κ1) is 20.5. The molecule has 1 atom stereocenters. The van der Waals surface area contributed by atoms with Gasteiger partial charge < -0.3 is 19.6 Å². The van der Waals surface area contributed by atoms with E-state index in [0.29, 0.717) is 16.9 Å². The van der Waals surface area contributed by atoms with Crippen molar-refractivity contribution in [2.45, 2.75) is 52.6 Å². The number of unbranched alkanes of at least 4 members (excludes halogenated alkanes) is 1. The van der Waals surface area contributed by atoms with E-state index in [1.54, 1.807) is 19.9 Å². The zero-order chi connectivity index (χ0) is 20.0. The summed E-state index contributed by atoms with van der Waals surface area (Å²) in [6.07, 6.45) is 1.82. The minimum absolute atomic E-state index is 0.0359. The molecule has 1 aromatic carbocycles. The molecule has 2 aromatic rings. The van der Waals surface area contributed by atoms with Crippen LogP contribution in [0.1, 0.15) is 44.2 Å². The smallest absolute Gasteiger partial charge is 0.336 e. The predicted octanol–water partition coefficient (Wildman–Crippen LogP) is 2.80. The van der Waals surface area contributed by atoms with Crippen molar-refractivity contribution < 1.29 is 23.8 Å². The van der Waals surface area contributed by atoms with Crippen molar-refractivity contribution in [1.29, 1.82) is 0 Å². The number of aliphatic carboxylic acids is 1. The SMILES string of the molecule is CCCCc1cc(=O)oc2c(C)c(OC(C)C(=O)NCCC(=O)O)ccc12. The van der Waals surface area contributed by atoms with E-state index in [0.717, 1.165) is 30.2 Å². The number of rotatable bonds is 9. The third-order valence-electron chi connectivity index (χ3n) is 4.31. The maximum atomic E-state index is 12.0. The second-order valence-electron chi connectivity index (χ2n) is 6.45. The van der Waals surface area contributed by atoms with Crippen LogP contribution in [0, 0.1) is 6.92 Å². The molecule has 27 heavy (non-hydrogen) atoms. The summed E-state index contributed by atoms with van der Waals surface area (Å²) in [5, 5.41) is 12.0. The van der Waals surface area contributed by atoms with Gasteiger partial charge >= 0.3 is 11.6 Å². The molecule has 0 saturated carbocycles. The summed E-state index contributed by atoms with van der Waals surface area (Å²) in [5.74, 6) is -0.948. The Morgan fingerprint density at radius 2 is 2.07 bits per heavy atom. The Bertz CT molecular complexity index is 886. The van der Waals surface area contributed by atoms with E-state index in [2.05, 4.69) is 12.2 Å². The molecule has 0 saturated heterocycles. The fourth-order valence-electron chi connectivity index (χ4n) is 2.79. The highest BCUT2D eigenvalue weighted by atomic mass is 16.5. The van der Waals surface area contributed by atoms with E-state index in [4.69, 9.17) is 14.3 Å². The molecule has 1 heterocycles. The van der Waals surface area contributed by atoms with Crippen LogP contribution in [0.5, 0.6) is 5.75 Å². The van der Waals surface area contributed by atoms with E-state index < -0.39 is 23.6 Å². The molecular weight excluding hydrogens is 350 g/mol. The molecule has 2 rings (SSSR count). The van der Waals surface area contributed by atoms with Crippen molar-refractivity contribution in [2.24, 2.45) is 0 Å². The molecule has 0 aliphatic heterocycles. The van der Waals surface area contributed by atoms with Crippen LogP contribution in [0.15, 0.2) is 27.4 Å². The van der Waals surface area contributed by atoms with Crippen LogP contribution in [0.25, 0.3) is 11.0 Å². The molecule has 0 radical (unpaired) electrons. The predicted molar refractivity (Wildman–Crippen MR) is 101 cm³/mol. The van der Waals surface area contributed by atoms with E-state index in [1.165, 1.54) is 6.07 Å². The fourth-order valence-corrected chi connectivity index (χ4v) is 2.79. The van der Waals surface area contributed by atoms with Gasteiger partial charge in [0.1, 0.15) is 11.3 Å². The Balaban J connectivity index is 2.22. The van der Waals surface area contributed by atoms with Gasteiger partial charge in [0.2, 0.25) is 0 Å². The Labute approximate surface area is 157 Å². The molecule has 146 valence electrons. The van der Waals surface area contributed by atoms with Gasteiger partial charge in [0.05, 0.1) is 6.42 Å². The number of fused-ring (bicyclic) bond motifs is 1. The number of hydrogen-bond acceptors (Lipinski definition) is 5. The van der Waals surface area contributed by atoms with Gasteiger partial charge in [-0.15, -0.1) is 0 Å². The topological polar surface area (TPSA) is 106 Å². The number of hydrogen-bond donors (Lipinski definition) is 2. The monoisotopic (exact) mass is 375 g/mol. The van der Waals surface area contributed by atoms with Crippen molar-refractivity contribution in [3.8, 4) is 5.75 Å². The average molecular weight is 375 g/mol. The average Bonchev–Trinajstić information content (AvgIpc) is 2.61. The third-order valence-corrected chi connectivity index (χ3v) is 4.31. The lowest BCUT2D eigenvalue weighted by Gasteiger charge is -2.17. The number of nitrogens with one attached hydrogen (secondary N) is 1. The summed E-state index contributed by atoms with van der Waals surface area (Å²) in [7, 11) is 0. The second-order valence-corrected chi connectivity index (χ2v) is 6.45. The molecule has 0 spiro atoms. The lowest BCUT2D eigenvalue weighted by molar-refractivity contribution is -0.137. The summed E-state index contributed by atoms with van der Waals surface area (Å²) in [5.41, 5.74) is 1.64. The zero-order valence-electron chi connectivity index (χ0n) is 15.8. The van der Waals surface area contributed by atoms with Gasteiger partial charge in [0.25, 0.3) is 5.91 Å². The van der Waals surface area contributed by atoms with Gasteiger partial charge in [-0.1, -0.05) is 13.3 Å². The Hall–Kier alpha value is -2.83. The summed E-state index contributed by atoms with van der Waals surface area (Å²) in [4.78, 5) is 34.5. The maximum absolute atomic E-state index is 12.0. The highest BCUT2D eigenvalue weighted by Gasteiger charge is 2.18. The number of ether oxygens (including phenoxy) is 1. The van der Waals surface area contributed by atoms with Crippen LogP contribution < -0.4 is 15.7 Å². The van der Waals surface area contributed by atoms with E-state index in [9.17, 15) is 14.4 Å². The molecule has 1 amide bonds. The number of amides is 1. The quantitative estimate of drug-likeness (QED) is 0.653. The molecule has 7 nitrogen and oxygen atoms in total. The second kappa shape index (κ2) is 9.21. The molecule has 0 aliphatic rings. The van der Waals surface area contributed by atoms with Crippen LogP contribution in [-0.2, 0) is 16.0 Å². The van der Waals surface area contributed by atoms with Crippen LogP contribution in [0.3, 0.4) is 0 Å². The minimum Gasteiger partial charge on any atom is -0.481 e. The first-order valence-electron chi connectivity index (χ1n) is 9.06. The molecule has 1 aromatic heterocycles. The number of carboxylic acids is 1. The van der Waals surface area contributed by atoms with Gasteiger partial charge in [0, 0.05) is 23.6 Å². The zero-order valence-corrected chi connectivity index (χ0v) is 15.8. The van der Waals surface area contributed by atoms with Crippen molar-refractivity contribution in [3.05, 3.63) is 39.7 Å². The molecule has 7 heteroatoms. The lowest BCUT2D eigenvalue weighted by Crippen LogP contribution is -2.37. The number of aryl methyl sites for hydroxylation is 2. The molecule has 0 aliphatic carbocycles. The van der Waals surface area contributed by atoms with Gasteiger partial charge in [-0.2, -0.15) is 0 Å². The first-order chi connectivity index (χ1) is 12.8. The van der Waals surface area contributed by atoms with Gasteiger partial charge in [0.15, 0.2) is 6.10 Å². The van der Waals surface area contributed by atoms with Crippen LogP contribution >= 0.6 is 0 Å². The first-order valence-corrected chi connectivity index (χ1v) is 9.06. The van der Waals surface area contributed by atoms with Crippen molar-refractivity contribution in [1.82, 2.24) is 5.32 Å². The van der Waals surface area contributed by atoms with Crippen LogP contribution in [0.2, 0.25) is 0 Å². The van der Waals surface area contributed by atoms with Crippen molar-refractivity contribution >= 4 is 22.8 Å². The van der Waals surface area contributed by atoms with E-state index >= 15 is 0 Å². The minimum atomic E-state index is -0.983. The Morgan fingerprint density at radius 3 is 2.74 bits per heavy atom. The number of carboxylic acid groups (broad SMARTS) is 1. The number of benzene rings is 1. The molecule has 0 fully saturated rings. The van der Waals surface area contributed by atoms with Gasteiger partial charge in [-0.25, -0.2) is 4.79 Å². The maximum Gasteiger partial charge on any atom is 0.336 e. The highest BCUT2D eigenvalue weighted by molar-refractivity contribution is 5.85. The van der Waals surface area contributed by atoms with Gasteiger partial charge in [-0.05, 0) is 44.4 Å². The molecular formula is C20H25NO6. The largest absolute Gasteiger partial charge is 0.481 e. The lowest BCUT2D eigenvalue weighted by atomic mass is 10.0. The summed E-state index contributed by atoms with van der Waals surface area (Å²) in [6.45, 7) is 5.48. The van der Waals surface area contributed by atoms with E-state index in [1.807, 2.05) is 6.07 Å². The fraction of sp³-hybridized carbons (Fsp3) is 0.450. The standard InChI is InChI=1S/C20H25NO6/c1-4-5-6-14-11-18(24)27-19-12(2)16(8-7-15(14)19)26-13(3)20(25)21-10-9-17(22)23/h7-8,11,13H,4-6,9-10H2,1-3H3,(H,21,25)(H,22,23). The van der Waals surface area contributed by atoms with Crippen LogP contribution in [-0.4, -0.2) is 29.6 Å². The number of carbonyl (C=O) groups is 2. The molecule has 2 N–H and O–H groups in total. The Morgan fingerprint density at radius 1 is 1.33 bits per heavy atom. The Kier molecular flexibility index (Phi) is 6.98. The molecule has 1 unspecified atom stereocenters. The van der Waals surface area contributed by atoms with Crippen LogP contribution in [0.4, 0.5) is 0 Å². The third kappa shape index (κ3) is 5.32. The summed E-state index contributed by atoms with van der Waals surface area (Å²) < 4.78 is 11.1. The summed E-state index contributed by atoms with van der Waals surface area (Å²) in [6, 6.07) is 5.12. The van der Waals surface area contributed by atoms with Crippen molar-refractivity contribution in [2.75, 3.05) is 6.54 Å².